The first kappa shape index (κ1) is 16.6. The molecule has 0 saturated heterocycles. The first-order chi connectivity index (χ1) is 11.9. The van der Waals surface area contributed by atoms with Crippen molar-refractivity contribution in [1.29, 1.82) is 0 Å². The fourth-order valence-electron chi connectivity index (χ4n) is 3.06. The molecule has 2 heterocycles. The van der Waals surface area contributed by atoms with Crippen LogP contribution >= 0.6 is 23.4 Å². The largest absolute Gasteiger partial charge is 0.267 e. The third-order valence-corrected chi connectivity index (χ3v) is 5.99. The Morgan fingerprint density at radius 3 is 2.76 bits per heavy atom. The Hall–Kier alpha value is -1.91. The first-order valence-corrected chi connectivity index (χ1v) is 9.18. The standard InChI is InChI=1S/C20H16ClFN2S/c1-11-15(21)8-7-14-17(24-20(2,3)25-19(11)14)13-9-12-5-4-6-16(22)18(12)23-10-13/h4-10H,1-3H3. The molecule has 1 aromatic heterocycles. The molecule has 1 aliphatic rings. The predicted molar refractivity (Wildman–Crippen MR) is 103 cm³/mol. The molecule has 2 nitrogen and oxygen atoms in total. The molecule has 0 fully saturated rings. The van der Waals surface area contributed by atoms with Gasteiger partial charge in [-0.05, 0) is 44.5 Å². The predicted octanol–water partition coefficient (Wildman–Crippen LogP) is 6.01. The minimum atomic E-state index is -0.312. The Labute approximate surface area is 155 Å². The van der Waals surface area contributed by atoms with Gasteiger partial charge in [0.2, 0.25) is 0 Å². The van der Waals surface area contributed by atoms with Gasteiger partial charge in [0.1, 0.15) is 16.2 Å². The maximum Gasteiger partial charge on any atom is 0.149 e. The molecule has 2 aromatic carbocycles. The van der Waals surface area contributed by atoms with Crippen molar-refractivity contribution in [3.8, 4) is 0 Å². The molecule has 3 aromatic rings. The maximum absolute atomic E-state index is 13.9. The molecule has 5 heteroatoms. The lowest BCUT2D eigenvalue weighted by Crippen LogP contribution is -2.22. The summed E-state index contributed by atoms with van der Waals surface area (Å²) in [5.41, 5.74) is 4.24. The van der Waals surface area contributed by atoms with Crippen LogP contribution in [-0.4, -0.2) is 15.6 Å². The Kier molecular flexibility index (Phi) is 3.85. The van der Waals surface area contributed by atoms with Gasteiger partial charge in [-0.3, -0.25) is 9.98 Å². The molecule has 0 saturated carbocycles. The van der Waals surface area contributed by atoms with E-state index >= 15 is 0 Å². The summed E-state index contributed by atoms with van der Waals surface area (Å²) in [6.07, 6.45) is 1.70. The molecule has 0 spiro atoms. The van der Waals surface area contributed by atoms with Gasteiger partial charge in [-0.25, -0.2) is 4.39 Å². The van der Waals surface area contributed by atoms with Gasteiger partial charge in [-0.2, -0.15) is 0 Å². The van der Waals surface area contributed by atoms with Crippen LogP contribution in [0.3, 0.4) is 0 Å². The van der Waals surface area contributed by atoms with E-state index in [1.807, 2.05) is 31.2 Å². The van der Waals surface area contributed by atoms with E-state index in [4.69, 9.17) is 16.6 Å². The summed E-state index contributed by atoms with van der Waals surface area (Å²) < 4.78 is 13.9. The van der Waals surface area contributed by atoms with Gasteiger partial charge in [0.05, 0.1) is 5.71 Å². The Bertz CT molecular complexity index is 1040. The number of benzene rings is 2. The van der Waals surface area contributed by atoms with E-state index in [0.717, 1.165) is 37.7 Å². The molecule has 126 valence electrons. The van der Waals surface area contributed by atoms with E-state index in [1.165, 1.54) is 6.07 Å². The van der Waals surface area contributed by atoms with Gasteiger partial charge in [-0.1, -0.05) is 41.6 Å². The number of rotatable bonds is 1. The Balaban J connectivity index is 1.96. The zero-order valence-electron chi connectivity index (χ0n) is 14.1. The smallest absolute Gasteiger partial charge is 0.149 e. The van der Waals surface area contributed by atoms with Crippen LogP contribution < -0.4 is 0 Å². The molecular weight excluding hydrogens is 355 g/mol. The third kappa shape index (κ3) is 2.83. The lowest BCUT2D eigenvalue weighted by Gasteiger charge is -2.30. The number of hydrogen-bond acceptors (Lipinski definition) is 3. The molecule has 0 aliphatic carbocycles. The number of fused-ring (bicyclic) bond motifs is 2. The molecule has 1 aliphatic heterocycles. The lowest BCUT2D eigenvalue weighted by molar-refractivity contribution is 0.637. The molecule has 0 bridgehead atoms. The fourth-order valence-corrected chi connectivity index (χ4v) is 4.45. The van der Waals surface area contributed by atoms with Crippen molar-refractivity contribution in [3.63, 3.8) is 0 Å². The second-order valence-electron chi connectivity index (χ2n) is 6.59. The second kappa shape index (κ2) is 5.82. The normalized spacial score (nSPS) is 15.8. The van der Waals surface area contributed by atoms with Gasteiger partial charge in [0.15, 0.2) is 0 Å². The molecule has 4 rings (SSSR count). The topological polar surface area (TPSA) is 25.2 Å². The molecule has 0 amide bonds. The number of aromatic nitrogens is 1. The maximum atomic E-state index is 13.9. The zero-order valence-corrected chi connectivity index (χ0v) is 15.7. The third-order valence-electron chi connectivity index (χ3n) is 4.26. The minimum Gasteiger partial charge on any atom is -0.267 e. The van der Waals surface area contributed by atoms with Crippen molar-refractivity contribution in [1.82, 2.24) is 4.98 Å². The number of nitrogens with zero attached hydrogens (tertiary/aromatic N) is 2. The highest BCUT2D eigenvalue weighted by atomic mass is 35.5. The van der Waals surface area contributed by atoms with Crippen molar-refractivity contribution >= 4 is 40.0 Å². The number of pyridine rings is 1. The van der Waals surface area contributed by atoms with Gasteiger partial charge < -0.3 is 0 Å². The van der Waals surface area contributed by atoms with E-state index in [-0.39, 0.29) is 10.7 Å². The second-order valence-corrected chi connectivity index (χ2v) is 8.61. The highest BCUT2D eigenvalue weighted by molar-refractivity contribution is 8.00. The zero-order chi connectivity index (χ0) is 17.8. The summed E-state index contributed by atoms with van der Waals surface area (Å²) in [6, 6.07) is 10.8. The van der Waals surface area contributed by atoms with E-state index < -0.39 is 0 Å². The van der Waals surface area contributed by atoms with Crippen LogP contribution in [-0.2, 0) is 0 Å². The number of aliphatic imine (C=N–C) groups is 1. The highest BCUT2D eigenvalue weighted by Crippen LogP contribution is 2.44. The van der Waals surface area contributed by atoms with Crippen LogP contribution in [0.5, 0.6) is 0 Å². The number of hydrogen-bond donors (Lipinski definition) is 0. The summed E-state index contributed by atoms with van der Waals surface area (Å²) in [4.78, 5) is 10.1. The summed E-state index contributed by atoms with van der Waals surface area (Å²) in [5, 5.41) is 1.52. The van der Waals surface area contributed by atoms with E-state index in [1.54, 1.807) is 24.0 Å². The Morgan fingerprint density at radius 1 is 1.16 bits per heavy atom. The summed E-state index contributed by atoms with van der Waals surface area (Å²) >= 11 is 8.03. The van der Waals surface area contributed by atoms with Gasteiger partial charge >= 0.3 is 0 Å². The molecule has 0 atom stereocenters. The number of halogens is 2. The van der Waals surface area contributed by atoms with E-state index in [2.05, 4.69) is 18.8 Å². The minimum absolute atomic E-state index is 0.311. The van der Waals surface area contributed by atoms with Crippen molar-refractivity contribution in [2.75, 3.05) is 0 Å². The van der Waals surface area contributed by atoms with Crippen molar-refractivity contribution in [2.45, 2.75) is 30.5 Å². The average molecular weight is 371 g/mol. The van der Waals surface area contributed by atoms with Gasteiger partial charge in [0, 0.05) is 32.6 Å². The number of para-hydroxylation sites is 1. The summed E-state index contributed by atoms with van der Waals surface area (Å²) in [7, 11) is 0. The van der Waals surface area contributed by atoms with Crippen LogP contribution in [0.1, 0.15) is 30.5 Å². The van der Waals surface area contributed by atoms with E-state index in [9.17, 15) is 4.39 Å². The Morgan fingerprint density at radius 2 is 1.96 bits per heavy atom. The SMILES string of the molecule is Cc1c(Cl)ccc2c1SC(C)(C)N=C2c1cnc2c(F)cccc2c1. The molecular formula is C20H16ClFN2S. The van der Waals surface area contributed by atoms with Crippen LogP contribution in [0.25, 0.3) is 10.9 Å². The fraction of sp³-hybridized carbons (Fsp3) is 0.200. The van der Waals surface area contributed by atoms with Crippen LogP contribution in [0, 0.1) is 12.7 Å². The first-order valence-electron chi connectivity index (χ1n) is 7.99. The van der Waals surface area contributed by atoms with Gasteiger partial charge in [-0.15, -0.1) is 0 Å². The van der Waals surface area contributed by atoms with Gasteiger partial charge in [0.25, 0.3) is 0 Å². The quantitative estimate of drug-likeness (QED) is 0.523. The summed E-state index contributed by atoms with van der Waals surface area (Å²) in [6.45, 7) is 6.19. The lowest BCUT2D eigenvalue weighted by atomic mass is 9.99. The molecule has 0 N–H and O–H groups in total. The van der Waals surface area contributed by atoms with Crippen LogP contribution in [0.2, 0.25) is 5.02 Å². The number of thioether (sulfide) groups is 1. The molecule has 25 heavy (non-hydrogen) atoms. The summed E-state index contributed by atoms with van der Waals surface area (Å²) in [5.74, 6) is -0.312. The molecule has 0 unspecified atom stereocenters. The monoisotopic (exact) mass is 370 g/mol. The van der Waals surface area contributed by atoms with Crippen molar-refractivity contribution in [3.05, 3.63) is 70.1 Å². The highest BCUT2D eigenvalue weighted by Gasteiger charge is 2.30. The van der Waals surface area contributed by atoms with Crippen LogP contribution in [0.15, 0.2) is 52.5 Å². The van der Waals surface area contributed by atoms with E-state index in [0.29, 0.717) is 5.52 Å². The molecule has 0 radical (unpaired) electrons. The van der Waals surface area contributed by atoms with Crippen molar-refractivity contribution < 1.29 is 4.39 Å². The van der Waals surface area contributed by atoms with Crippen LogP contribution in [0.4, 0.5) is 4.39 Å². The van der Waals surface area contributed by atoms with Crippen molar-refractivity contribution in [2.24, 2.45) is 4.99 Å². The average Bonchev–Trinajstić information content (AvgIpc) is 2.57.